The van der Waals surface area contributed by atoms with E-state index in [1.54, 1.807) is 49.1 Å². The molecule has 2 aromatic carbocycles. The first-order valence-electron chi connectivity index (χ1n) is 7.25. The molecule has 0 aromatic heterocycles. The fraction of sp³-hybridized carbons (Fsp3) is 0.235. The minimum Gasteiger partial charge on any atom is -0.493 e. The molecular weight excluding hydrogens is 312 g/mol. The Morgan fingerprint density at radius 2 is 1.91 bits per heavy atom. The Bertz CT molecular complexity index is 721. The van der Waals surface area contributed by atoms with Gasteiger partial charge in [-0.25, -0.2) is 4.79 Å². The third kappa shape index (κ3) is 3.22. The number of nitrogens with zero attached hydrogens (tertiary/aromatic N) is 1. The Morgan fingerprint density at radius 1 is 1.13 bits per heavy atom. The number of hydrogen-bond donors (Lipinski definition) is 1. The van der Waals surface area contributed by atoms with E-state index in [9.17, 15) is 4.79 Å². The third-order valence-electron chi connectivity index (χ3n) is 3.61. The Kier molecular flexibility index (Phi) is 4.62. The fourth-order valence-corrected chi connectivity index (χ4v) is 3.48. The highest BCUT2D eigenvalue weighted by Crippen LogP contribution is 2.35. The van der Waals surface area contributed by atoms with E-state index in [1.165, 1.54) is 0 Å². The molecule has 6 heteroatoms. The summed E-state index contributed by atoms with van der Waals surface area (Å²) in [6.07, 6.45) is 0. The number of ether oxygens (including phenoxy) is 2. The van der Waals surface area contributed by atoms with Crippen LogP contribution in [0.1, 0.15) is 0 Å². The molecule has 0 fully saturated rings. The van der Waals surface area contributed by atoms with E-state index < -0.39 is 0 Å². The number of methoxy groups -OCH3 is 2. The Hall–Kier alpha value is -2.34. The van der Waals surface area contributed by atoms with Crippen LogP contribution in [0.25, 0.3) is 0 Å². The van der Waals surface area contributed by atoms with Crippen molar-refractivity contribution in [1.29, 1.82) is 0 Å². The number of urea groups is 1. The van der Waals surface area contributed by atoms with Gasteiger partial charge in [0.15, 0.2) is 11.5 Å². The molecule has 1 aliphatic rings. The van der Waals surface area contributed by atoms with Gasteiger partial charge in [0.2, 0.25) is 0 Å². The number of nitrogens with one attached hydrogen (secondary N) is 1. The van der Waals surface area contributed by atoms with Crippen LogP contribution in [0.2, 0.25) is 0 Å². The normalized spacial score (nSPS) is 13.2. The lowest BCUT2D eigenvalue weighted by Gasteiger charge is -2.29. The summed E-state index contributed by atoms with van der Waals surface area (Å²) in [7, 11) is 3.15. The number of thioether (sulfide) groups is 1. The quantitative estimate of drug-likeness (QED) is 0.929. The van der Waals surface area contributed by atoms with Gasteiger partial charge in [-0.15, -0.1) is 11.8 Å². The lowest BCUT2D eigenvalue weighted by Crippen LogP contribution is -2.38. The summed E-state index contributed by atoms with van der Waals surface area (Å²) >= 11 is 1.77. The van der Waals surface area contributed by atoms with E-state index in [1.807, 2.05) is 24.3 Å². The molecule has 0 radical (unpaired) electrons. The lowest BCUT2D eigenvalue weighted by atomic mass is 10.2. The van der Waals surface area contributed by atoms with Gasteiger partial charge in [-0.1, -0.05) is 12.1 Å². The smallest absolute Gasteiger partial charge is 0.326 e. The Morgan fingerprint density at radius 3 is 2.70 bits per heavy atom. The molecule has 3 rings (SSSR count). The van der Waals surface area contributed by atoms with Crippen molar-refractivity contribution in [2.75, 3.05) is 36.7 Å². The van der Waals surface area contributed by atoms with Gasteiger partial charge < -0.3 is 14.8 Å². The van der Waals surface area contributed by atoms with Gasteiger partial charge in [0.1, 0.15) is 0 Å². The number of para-hydroxylation sites is 1. The number of hydrogen-bond acceptors (Lipinski definition) is 4. The standard InChI is InChI=1S/C17H18N2O3S/c1-21-14-8-7-12(11-15(14)22-2)18-17(20)19-9-10-23-16-6-4-3-5-13(16)19/h3-8,11H,9-10H2,1-2H3,(H,18,20). The van der Waals surface area contributed by atoms with Gasteiger partial charge >= 0.3 is 6.03 Å². The first-order chi connectivity index (χ1) is 11.2. The second-order valence-corrected chi connectivity index (χ2v) is 6.10. The number of carbonyl (C=O) groups is 1. The summed E-state index contributed by atoms with van der Waals surface area (Å²) in [5.41, 5.74) is 1.62. The topological polar surface area (TPSA) is 50.8 Å². The first-order valence-corrected chi connectivity index (χ1v) is 8.24. The second kappa shape index (κ2) is 6.83. The van der Waals surface area contributed by atoms with E-state index in [-0.39, 0.29) is 6.03 Å². The predicted molar refractivity (Wildman–Crippen MR) is 93.1 cm³/mol. The summed E-state index contributed by atoms with van der Waals surface area (Å²) < 4.78 is 10.5. The number of fused-ring (bicyclic) bond motifs is 1. The molecule has 0 saturated heterocycles. The van der Waals surface area contributed by atoms with E-state index in [0.717, 1.165) is 16.3 Å². The zero-order valence-corrected chi connectivity index (χ0v) is 13.9. The molecule has 1 N–H and O–H groups in total. The molecule has 5 nitrogen and oxygen atoms in total. The lowest BCUT2D eigenvalue weighted by molar-refractivity contribution is 0.257. The van der Waals surface area contributed by atoms with Crippen LogP contribution in [0.4, 0.5) is 16.2 Å². The van der Waals surface area contributed by atoms with E-state index in [2.05, 4.69) is 5.32 Å². The summed E-state index contributed by atoms with van der Waals surface area (Å²) in [6.45, 7) is 0.681. The van der Waals surface area contributed by atoms with E-state index >= 15 is 0 Å². The molecular formula is C17H18N2O3S. The van der Waals surface area contributed by atoms with Crippen molar-refractivity contribution in [2.45, 2.75) is 4.90 Å². The highest BCUT2D eigenvalue weighted by atomic mass is 32.2. The molecule has 0 aliphatic carbocycles. The van der Waals surface area contributed by atoms with Gasteiger partial charge in [-0.3, -0.25) is 4.90 Å². The summed E-state index contributed by atoms with van der Waals surface area (Å²) in [6, 6.07) is 13.1. The van der Waals surface area contributed by atoms with Gasteiger partial charge in [-0.2, -0.15) is 0 Å². The van der Waals surface area contributed by atoms with Crippen LogP contribution in [0, 0.1) is 0 Å². The largest absolute Gasteiger partial charge is 0.493 e. The zero-order chi connectivity index (χ0) is 16.2. The maximum atomic E-state index is 12.6. The Labute approximate surface area is 139 Å². The number of anilines is 2. The van der Waals surface area contributed by atoms with Crippen molar-refractivity contribution in [3.63, 3.8) is 0 Å². The average molecular weight is 330 g/mol. The third-order valence-corrected chi connectivity index (χ3v) is 4.65. The van der Waals surface area contributed by atoms with E-state index in [4.69, 9.17) is 9.47 Å². The maximum absolute atomic E-state index is 12.6. The summed E-state index contributed by atoms with van der Waals surface area (Å²) in [4.78, 5) is 15.5. The van der Waals surface area contributed by atoms with Gasteiger partial charge in [0.05, 0.1) is 19.9 Å². The maximum Gasteiger partial charge on any atom is 0.326 e. The number of benzene rings is 2. The predicted octanol–water partition coefficient (Wildman–Crippen LogP) is 3.85. The fourth-order valence-electron chi connectivity index (χ4n) is 2.49. The van der Waals surface area contributed by atoms with Crippen molar-refractivity contribution >= 4 is 29.2 Å². The number of rotatable bonds is 3. The number of carbonyl (C=O) groups excluding carboxylic acids is 1. The average Bonchev–Trinajstić information content (AvgIpc) is 2.61. The Balaban J connectivity index is 1.80. The highest BCUT2D eigenvalue weighted by molar-refractivity contribution is 7.99. The van der Waals surface area contributed by atoms with Crippen LogP contribution < -0.4 is 19.7 Å². The van der Waals surface area contributed by atoms with Gasteiger partial charge in [-0.05, 0) is 24.3 Å². The van der Waals surface area contributed by atoms with Crippen LogP contribution in [-0.4, -0.2) is 32.5 Å². The minimum atomic E-state index is -0.148. The second-order valence-electron chi connectivity index (χ2n) is 4.97. The van der Waals surface area contributed by atoms with Crippen LogP contribution in [0.3, 0.4) is 0 Å². The van der Waals surface area contributed by atoms with Crippen LogP contribution in [-0.2, 0) is 0 Å². The number of amides is 2. The molecule has 0 bridgehead atoms. The first kappa shape index (κ1) is 15.6. The zero-order valence-electron chi connectivity index (χ0n) is 13.0. The van der Waals surface area contributed by atoms with Crippen molar-refractivity contribution in [2.24, 2.45) is 0 Å². The highest BCUT2D eigenvalue weighted by Gasteiger charge is 2.22. The molecule has 0 unspecified atom stereocenters. The van der Waals surface area contributed by atoms with E-state index in [0.29, 0.717) is 23.7 Å². The molecule has 0 atom stereocenters. The summed E-state index contributed by atoms with van der Waals surface area (Å²) in [5, 5.41) is 2.92. The molecule has 2 amide bonds. The molecule has 2 aromatic rings. The van der Waals surface area contributed by atoms with Crippen LogP contribution in [0.15, 0.2) is 47.4 Å². The van der Waals surface area contributed by atoms with Crippen molar-refractivity contribution < 1.29 is 14.3 Å². The van der Waals surface area contributed by atoms with Gasteiger partial charge in [0, 0.05) is 28.9 Å². The van der Waals surface area contributed by atoms with Gasteiger partial charge in [0.25, 0.3) is 0 Å². The minimum absolute atomic E-state index is 0.148. The SMILES string of the molecule is COc1ccc(NC(=O)N2CCSc3ccccc32)cc1OC. The summed E-state index contributed by atoms with van der Waals surface area (Å²) in [5.74, 6) is 2.10. The molecule has 0 spiro atoms. The van der Waals surface area contributed by atoms with Crippen LogP contribution in [0.5, 0.6) is 11.5 Å². The van der Waals surface area contributed by atoms with Crippen molar-refractivity contribution in [3.8, 4) is 11.5 Å². The molecule has 1 aliphatic heterocycles. The molecule has 1 heterocycles. The van der Waals surface area contributed by atoms with Crippen molar-refractivity contribution in [3.05, 3.63) is 42.5 Å². The molecule has 120 valence electrons. The molecule has 23 heavy (non-hydrogen) atoms. The molecule has 0 saturated carbocycles. The monoisotopic (exact) mass is 330 g/mol. The van der Waals surface area contributed by atoms with Crippen LogP contribution >= 0.6 is 11.8 Å². The van der Waals surface area contributed by atoms with Crippen molar-refractivity contribution in [1.82, 2.24) is 0 Å².